The molecule has 140 valence electrons. The third kappa shape index (κ3) is 4.54. The van der Waals surface area contributed by atoms with Crippen LogP contribution in [-0.2, 0) is 17.9 Å². The molecule has 1 amide bonds. The maximum absolute atomic E-state index is 12.5. The minimum atomic E-state index is -0.284. The van der Waals surface area contributed by atoms with Crippen LogP contribution in [0.15, 0.2) is 23.5 Å². The molecule has 1 fully saturated rings. The number of aromatic nitrogens is 5. The first-order chi connectivity index (χ1) is 12.5. The summed E-state index contributed by atoms with van der Waals surface area (Å²) in [6, 6.07) is 1.86. The van der Waals surface area contributed by atoms with Gasteiger partial charge in [0.25, 0.3) is 0 Å². The Bertz CT molecular complexity index is 792. The van der Waals surface area contributed by atoms with Crippen LogP contribution in [0.1, 0.15) is 17.8 Å². The summed E-state index contributed by atoms with van der Waals surface area (Å²) in [4.78, 5) is 36.5. The fourth-order valence-electron chi connectivity index (χ4n) is 3.23. The van der Waals surface area contributed by atoms with Gasteiger partial charge in [0.2, 0.25) is 5.91 Å². The number of carbonyl (C=O) groups excluding carboxylic acids is 1. The predicted molar refractivity (Wildman–Crippen MR) is 95.6 cm³/mol. The second kappa shape index (κ2) is 8.22. The van der Waals surface area contributed by atoms with Crippen LogP contribution < -0.4 is 5.69 Å². The minimum absolute atomic E-state index is 0.0906. The standard InChI is InChI=1S/C17H25N7O2/c1-14-11-15(2)24(17(26)20-14)4-3-16(25)22-8-5-21(6-9-22)7-10-23-13-18-12-19-23/h11-13H,3-10H2,1-2H3. The van der Waals surface area contributed by atoms with Crippen molar-refractivity contribution in [1.29, 1.82) is 0 Å². The average Bonchev–Trinajstić information content (AvgIpc) is 3.13. The van der Waals surface area contributed by atoms with E-state index in [2.05, 4.69) is 20.0 Å². The van der Waals surface area contributed by atoms with Crippen molar-refractivity contribution in [2.24, 2.45) is 0 Å². The number of hydrogen-bond donors (Lipinski definition) is 0. The van der Waals surface area contributed by atoms with Gasteiger partial charge < -0.3 is 4.90 Å². The summed E-state index contributed by atoms with van der Waals surface area (Å²) in [5.74, 6) is 0.0906. The second-order valence-corrected chi connectivity index (χ2v) is 6.60. The summed E-state index contributed by atoms with van der Waals surface area (Å²) < 4.78 is 3.38. The Morgan fingerprint density at radius 1 is 1.12 bits per heavy atom. The highest BCUT2D eigenvalue weighted by Crippen LogP contribution is 2.06. The van der Waals surface area contributed by atoms with Gasteiger partial charge in [-0.2, -0.15) is 10.1 Å². The van der Waals surface area contributed by atoms with Crippen LogP contribution in [-0.4, -0.2) is 72.7 Å². The van der Waals surface area contributed by atoms with E-state index in [1.54, 1.807) is 17.8 Å². The van der Waals surface area contributed by atoms with Gasteiger partial charge in [0, 0.05) is 57.1 Å². The molecule has 0 bridgehead atoms. The van der Waals surface area contributed by atoms with Gasteiger partial charge in [-0.25, -0.2) is 9.78 Å². The molecule has 0 radical (unpaired) electrons. The van der Waals surface area contributed by atoms with E-state index in [1.807, 2.05) is 22.6 Å². The first-order valence-electron chi connectivity index (χ1n) is 8.90. The van der Waals surface area contributed by atoms with Gasteiger partial charge in [0.15, 0.2) is 0 Å². The smallest absolute Gasteiger partial charge is 0.340 e. The third-order valence-electron chi connectivity index (χ3n) is 4.73. The molecule has 9 nitrogen and oxygen atoms in total. The Balaban J connectivity index is 1.44. The van der Waals surface area contributed by atoms with Gasteiger partial charge in [0.05, 0.1) is 6.54 Å². The van der Waals surface area contributed by atoms with Crippen molar-refractivity contribution in [3.05, 3.63) is 40.6 Å². The van der Waals surface area contributed by atoms with E-state index in [1.165, 1.54) is 6.33 Å². The van der Waals surface area contributed by atoms with Crippen LogP contribution in [0.25, 0.3) is 0 Å². The topological polar surface area (TPSA) is 89.2 Å². The van der Waals surface area contributed by atoms with Gasteiger partial charge in [0.1, 0.15) is 12.7 Å². The van der Waals surface area contributed by atoms with E-state index in [4.69, 9.17) is 0 Å². The number of amides is 1. The van der Waals surface area contributed by atoms with Crippen molar-refractivity contribution in [3.63, 3.8) is 0 Å². The van der Waals surface area contributed by atoms with Crippen LogP contribution in [0, 0.1) is 13.8 Å². The fraction of sp³-hybridized carbons (Fsp3) is 0.588. The Morgan fingerprint density at radius 2 is 1.88 bits per heavy atom. The number of carbonyl (C=O) groups is 1. The third-order valence-corrected chi connectivity index (χ3v) is 4.73. The molecule has 2 aromatic rings. The summed E-state index contributed by atoms with van der Waals surface area (Å²) >= 11 is 0. The van der Waals surface area contributed by atoms with E-state index in [0.29, 0.717) is 18.7 Å². The van der Waals surface area contributed by atoms with E-state index in [0.717, 1.165) is 45.0 Å². The Hall–Kier alpha value is -2.55. The van der Waals surface area contributed by atoms with Crippen LogP contribution in [0.2, 0.25) is 0 Å². The summed E-state index contributed by atoms with van der Waals surface area (Å²) in [6.07, 6.45) is 3.57. The lowest BCUT2D eigenvalue weighted by Crippen LogP contribution is -2.49. The highest BCUT2D eigenvalue weighted by atomic mass is 16.2. The molecule has 1 aliphatic heterocycles. The lowest BCUT2D eigenvalue weighted by Gasteiger charge is -2.34. The van der Waals surface area contributed by atoms with Crippen molar-refractivity contribution in [3.8, 4) is 0 Å². The van der Waals surface area contributed by atoms with Crippen molar-refractivity contribution in [2.45, 2.75) is 33.4 Å². The minimum Gasteiger partial charge on any atom is -0.340 e. The average molecular weight is 359 g/mol. The molecule has 0 saturated carbocycles. The van der Waals surface area contributed by atoms with Gasteiger partial charge in [-0.15, -0.1) is 0 Å². The fourth-order valence-corrected chi connectivity index (χ4v) is 3.23. The molecular weight excluding hydrogens is 334 g/mol. The highest BCUT2D eigenvalue weighted by molar-refractivity contribution is 5.76. The van der Waals surface area contributed by atoms with E-state index < -0.39 is 0 Å². The molecular formula is C17H25N7O2. The molecule has 0 N–H and O–H groups in total. The first kappa shape index (κ1) is 18.2. The SMILES string of the molecule is Cc1cc(C)n(CCC(=O)N2CCN(CCn3cncn3)CC2)c(=O)n1. The van der Waals surface area contributed by atoms with Crippen LogP contribution in [0.5, 0.6) is 0 Å². The number of hydrogen-bond acceptors (Lipinski definition) is 6. The molecule has 3 rings (SSSR count). The van der Waals surface area contributed by atoms with E-state index >= 15 is 0 Å². The Kier molecular flexibility index (Phi) is 5.77. The summed E-state index contributed by atoms with van der Waals surface area (Å²) in [5.41, 5.74) is 1.26. The Morgan fingerprint density at radius 3 is 2.54 bits per heavy atom. The molecule has 2 aromatic heterocycles. The molecule has 0 aromatic carbocycles. The summed E-state index contributed by atoms with van der Waals surface area (Å²) in [5, 5.41) is 4.10. The summed E-state index contributed by atoms with van der Waals surface area (Å²) in [7, 11) is 0. The zero-order valence-corrected chi connectivity index (χ0v) is 15.3. The zero-order valence-electron chi connectivity index (χ0n) is 15.3. The maximum Gasteiger partial charge on any atom is 0.347 e. The first-order valence-corrected chi connectivity index (χ1v) is 8.90. The van der Waals surface area contributed by atoms with Crippen molar-refractivity contribution in [1.82, 2.24) is 34.1 Å². The number of nitrogens with zero attached hydrogens (tertiary/aromatic N) is 7. The largest absolute Gasteiger partial charge is 0.347 e. The van der Waals surface area contributed by atoms with Crippen molar-refractivity contribution < 1.29 is 4.79 Å². The molecule has 3 heterocycles. The number of rotatable bonds is 6. The van der Waals surface area contributed by atoms with Crippen molar-refractivity contribution >= 4 is 5.91 Å². The lowest BCUT2D eigenvalue weighted by molar-refractivity contribution is -0.133. The molecule has 0 unspecified atom stereocenters. The van der Waals surface area contributed by atoms with Gasteiger partial charge in [-0.3, -0.25) is 18.9 Å². The monoisotopic (exact) mass is 359 g/mol. The predicted octanol–water partition coefficient (Wildman–Crippen LogP) is -0.314. The van der Waals surface area contributed by atoms with Gasteiger partial charge in [-0.1, -0.05) is 0 Å². The number of aryl methyl sites for hydroxylation is 2. The van der Waals surface area contributed by atoms with E-state index in [9.17, 15) is 9.59 Å². The molecule has 9 heteroatoms. The van der Waals surface area contributed by atoms with Gasteiger partial charge in [-0.05, 0) is 19.9 Å². The molecule has 26 heavy (non-hydrogen) atoms. The van der Waals surface area contributed by atoms with Crippen LogP contribution in [0.3, 0.4) is 0 Å². The quantitative estimate of drug-likeness (QED) is 0.703. The summed E-state index contributed by atoms with van der Waals surface area (Å²) in [6.45, 7) is 8.89. The molecule has 1 aliphatic rings. The molecule has 0 atom stereocenters. The Labute approximate surface area is 152 Å². The zero-order chi connectivity index (χ0) is 18.5. The van der Waals surface area contributed by atoms with Crippen LogP contribution in [0.4, 0.5) is 0 Å². The van der Waals surface area contributed by atoms with E-state index in [-0.39, 0.29) is 11.6 Å². The van der Waals surface area contributed by atoms with Crippen molar-refractivity contribution in [2.75, 3.05) is 32.7 Å². The normalized spacial score (nSPS) is 15.4. The van der Waals surface area contributed by atoms with Gasteiger partial charge >= 0.3 is 5.69 Å². The maximum atomic E-state index is 12.5. The number of piperazine rings is 1. The molecule has 0 aliphatic carbocycles. The van der Waals surface area contributed by atoms with Crippen LogP contribution >= 0.6 is 0 Å². The molecule has 0 spiro atoms. The highest BCUT2D eigenvalue weighted by Gasteiger charge is 2.21. The molecule has 1 saturated heterocycles. The lowest BCUT2D eigenvalue weighted by atomic mass is 10.2. The second-order valence-electron chi connectivity index (χ2n) is 6.60.